The maximum Gasteiger partial charge on any atom is 0.446 e. The quantitative estimate of drug-likeness (QED) is 0.168. The Morgan fingerprint density at radius 1 is 0.786 bits per heavy atom. The Morgan fingerprint density at radius 2 is 1.21 bits per heavy atom. The second-order valence-corrected chi connectivity index (χ2v) is 12.8. The molecular formula is C31H53F3N2O4S2. The Kier molecular flexibility index (Phi) is 22.7. The molecule has 0 unspecified atom stereocenters. The van der Waals surface area contributed by atoms with Crippen LogP contribution in [0.4, 0.5) is 13.2 Å². The number of nitrogens with two attached hydrogens (primary N) is 2. The first-order chi connectivity index (χ1) is 19.7. The van der Waals surface area contributed by atoms with E-state index in [0.717, 1.165) is 28.9 Å². The summed E-state index contributed by atoms with van der Waals surface area (Å²) in [6.07, 6.45) is 2.69. The normalized spacial score (nSPS) is 11.0. The molecule has 0 aliphatic rings. The zero-order valence-electron chi connectivity index (χ0n) is 26.8. The molecule has 0 aromatic heterocycles. The van der Waals surface area contributed by atoms with Crippen LogP contribution in [0.25, 0.3) is 0 Å². The maximum absolute atomic E-state index is 12.3. The van der Waals surface area contributed by atoms with Crippen molar-refractivity contribution in [2.75, 3.05) is 32.6 Å². The number of alkyl halides is 3. The molecule has 2 aromatic carbocycles. The van der Waals surface area contributed by atoms with Crippen LogP contribution in [0.1, 0.15) is 96.8 Å². The van der Waals surface area contributed by atoms with Gasteiger partial charge in [0.15, 0.2) is 9.84 Å². The molecule has 0 aliphatic heterocycles. The summed E-state index contributed by atoms with van der Waals surface area (Å²) in [5, 5.41) is 0. The molecule has 0 atom stereocenters. The van der Waals surface area contributed by atoms with Crippen molar-refractivity contribution >= 4 is 21.6 Å². The fourth-order valence-corrected chi connectivity index (χ4v) is 4.77. The van der Waals surface area contributed by atoms with Crippen molar-refractivity contribution in [1.29, 1.82) is 0 Å². The number of rotatable bonds is 13. The van der Waals surface area contributed by atoms with Crippen LogP contribution in [0.15, 0.2) is 41.3 Å². The lowest BCUT2D eigenvalue weighted by atomic mass is 10.0. The van der Waals surface area contributed by atoms with Crippen LogP contribution in [-0.2, 0) is 15.6 Å². The van der Waals surface area contributed by atoms with Crippen molar-refractivity contribution in [2.24, 2.45) is 11.5 Å². The third kappa shape index (κ3) is 19.3. The number of thioether (sulfide) groups is 1. The molecular weight excluding hydrogens is 585 g/mol. The second-order valence-electron chi connectivity index (χ2n) is 9.48. The van der Waals surface area contributed by atoms with E-state index in [-0.39, 0.29) is 28.3 Å². The van der Waals surface area contributed by atoms with Gasteiger partial charge in [0.25, 0.3) is 0 Å². The monoisotopic (exact) mass is 638 g/mol. The van der Waals surface area contributed by atoms with Gasteiger partial charge in [0, 0.05) is 11.2 Å². The average Bonchev–Trinajstić information content (AvgIpc) is 2.90. The molecule has 42 heavy (non-hydrogen) atoms. The van der Waals surface area contributed by atoms with Crippen molar-refractivity contribution in [3.8, 4) is 11.5 Å². The van der Waals surface area contributed by atoms with Gasteiger partial charge in [0.1, 0.15) is 11.5 Å². The Morgan fingerprint density at radius 3 is 1.60 bits per heavy atom. The molecule has 0 aliphatic carbocycles. The highest BCUT2D eigenvalue weighted by atomic mass is 32.2. The first kappa shape index (κ1) is 42.2. The molecule has 0 saturated heterocycles. The van der Waals surface area contributed by atoms with Gasteiger partial charge in [0.05, 0.1) is 19.0 Å². The molecule has 11 heteroatoms. The Balaban J connectivity index is 0. The van der Waals surface area contributed by atoms with E-state index < -0.39 is 15.3 Å². The maximum atomic E-state index is 12.3. The zero-order chi connectivity index (χ0) is 32.9. The zero-order valence-corrected chi connectivity index (χ0v) is 28.4. The fraction of sp³-hybridized carbons (Fsp3) is 0.613. The number of ether oxygens (including phenoxy) is 2. The Hall–Kier alpha value is -1.95. The summed E-state index contributed by atoms with van der Waals surface area (Å²) in [5.74, 6) is 1.85. The molecule has 4 N–H and O–H groups in total. The highest BCUT2D eigenvalue weighted by Gasteiger charge is 2.29. The van der Waals surface area contributed by atoms with Gasteiger partial charge in [-0.3, -0.25) is 0 Å². The van der Waals surface area contributed by atoms with Crippen molar-refractivity contribution in [3.63, 3.8) is 0 Å². The van der Waals surface area contributed by atoms with Crippen LogP contribution >= 0.6 is 11.8 Å². The van der Waals surface area contributed by atoms with E-state index >= 15 is 0 Å². The predicted octanol–water partition coefficient (Wildman–Crippen LogP) is 8.28. The van der Waals surface area contributed by atoms with E-state index in [1.807, 2.05) is 59.7 Å². The third-order valence-corrected chi connectivity index (χ3v) is 6.76. The highest BCUT2D eigenvalue weighted by molar-refractivity contribution is 8.00. The molecule has 6 nitrogen and oxygen atoms in total. The largest absolute Gasteiger partial charge is 0.493 e. The molecule has 0 saturated carbocycles. The van der Waals surface area contributed by atoms with Crippen LogP contribution in [0.5, 0.6) is 11.5 Å². The van der Waals surface area contributed by atoms with Gasteiger partial charge in [-0.05, 0) is 84.4 Å². The van der Waals surface area contributed by atoms with E-state index in [2.05, 4.69) is 13.8 Å². The molecule has 0 amide bonds. The smallest absolute Gasteiger partial charge is 0.446 e. The Labute approximate surface area is 257 Å². The first-order valence-electron chi connectivity index (χ1n) is 14.5. The molecule has 0 bridgehead atoms. The van der Waals surface area contributed by atoms with Crippen molar-refractivity contribution in [2.45, 2.75) is 96.2 Å². The van der Waals surface area contributed by atoms with E-state index in [1.165, 1.54) is 18.4 Å². The number of sulfone groups is 1. The molecule has 0 spiro atoms. The minimum atomic E-state index is -4.28. The summed E-state index contributed by atoms with van der Waals surface area (Å²) in [5.41, 5.74) is 9.29. The van der Waals surface area contributed by atoms with E-state index in [1.54, 1.807) is 6.07 Å². The minimum absolute atomic E-state index is 0.0403. The summed E-state index contributed by atoms with van der Waals surface area (Å²) >= 11 is -0.130. The second kappa shape index (κ2) is 22.6. The van der Waals surface area contributed by atoms with E-state index in [4.69, 9.17) is 20.9 Å². The molecule has 0 radical (unpaired) electrons. The SMILES string of the molecule is CC.CC.CC(C)c1ccc(CS(C)(=O)=O)cc1OCCCN.CC(C)c1ccc(SC(F)(F)F)cc1OCCCN. The summed E-state index contributed by atoms with van der Waals surface area (Å²) in [4.78, 5) is 0.139. The van der Waals surface area contributed by atoms with Crippen molar-refractivity contribution in [3.05, 3.63) is 53.1 Å². The average molecular weight is 639 g/mol. The number of hydrogen-bond acceptors (Lipinski definition) is 7. The molecule has 244 valence electrons. The summed E-state index contributed by atoms with van der Waals surface area (Å²) in [7, 11) is -3.03. The van der Waals surface area contributed by atoms with Gasteiger partial charge in [-0.2, -0.15) is 13.2 Å². The predicted molar refractivity (Wildman–Crippen MR) is 173 cm³/mol. The summed E-state index contributed by atoms with van der Waals surface area (Å²) in [6, 6.07) is 10.2. The first-order valence-corrected chi connectivity index (χ1v) is 17.4. The topological polar surface area (TPSA) is 105 Å². The van der Waals surface area contributed by atoms with Crippen molar-refractivity contribution in [1.82, 2.24) is 0 Å². The van der Waals surface area contributed by atoms with Gasteiger partial charge >= 0.3 is 5.51 Å². The molecule has 2 rings (SSSR count). The minimum Gasteiger partial charge on any atom is -0.493 e. The lowest BCUT2D eigenvalue weighted by Gasteiger charge is -2.15. The van der Waals surface area contributed by atoms with Gasteiger partial charge in [-0.25, -0.2) is 8.42 Å². The summed E-state index contributed by atoms with van der Waals surface area (Å²) in [6.45, 7) is 18.2. The van der Waals surface area contributed by atoms with Gasteiger partial charge in [-0.15, -0.1) is 0 Å². The van der Waals surface area contributed by atoms with E-state index in [9.17, 15) is 21.6 Å². The molecule has 0 heterocycles. The highest BCUT2D eigenvalue weighted by Crippen LogP contribution is 2.40. The lowest BCUT2D eigenvalue weighted by molar-refractivity contribution is -0.0328. The number of hydrogen-bond donors (Lipinski definition) is 2. The van der Waals surface area contributed by atoms with Gasteiger partial charge in [-0.1, -0.05) is 73.6 Å². The van der Waals surface area contributed by atoms with Crippen LogP contribution < -0.4 is 20.9 Å². The standard InChI is InChI=1S/C14H23NO3S.C13H18F3NOS.2C2H6/c1-11(2)13-6-5-12(10-19(3,16)17)9-14(13)18-8-4-7-15;1-9(2)11-5-4-10(19-13(14,15)16)8-12(11)18-7-3-6-17;2*1-2/h5-6,9,11H,4,7-8,10,15H2,1-3H3;4-5,8-9H,3,6-7,17H2,1-2H3;2*1-2H3. The Bertz CT molecular complexity index is 1090. The van der Waals surface area contributed by atoms with Crippen LogP contribution in [0, 0.1) is 0 Å². The van der Waals surface area contributed by atoms with E-state index in [0.29, 0.717) is 44.4 Å². The van der Waals surface area contributed by atoms with Crippen LogP contribution in [0.2, 0.25) is 0 Å². The van der Waals surface area contributed by atoms with Gasteiger partial charge in [0.2, 0.25) is 0 Å². The third-order valence-electron chi connectivity index (χ3n) is 5.18. The fourth-order valence-electron chi connectivity index (χ4n) is 3.42. The number of benzene rings is 2. The van der Waals surface area contributed by atoms with Crippen molar-refractivity contribution < 1.29 is 31.1 Å². The molecule has 2 aromatic rings. The van der Waals surface area contributed by atoms with Crippen LogP contribution in [-0.4, -0.2) is 46.5 Å². The summed E-state index contributed by atoms with van der Waals surface area (Å²) < 4.78 is 71.0. The number of halogens is 3. The van der Waals surface area contributed by atoms with Crippen LogP contribution in [0.3, 0.4) is 0 Å². The lowest BCUT2D eigenvalue weighted by Crippen LogP contribution is -2.08. The van der Waals surface area contributed by atoms with Gasteiger partial charge < -0.3 is 20.9 Å². The molecule has 0 fully saturated rings.